The van der Waals surface area contributed by atoms with Crippen molar-refractivity contribution in [3.8, 4) is 5.75 Å². The van der Waals surface area contributed by atoms with Gasteiger partial charge in [0.05, 0.1) is 18.3 Å². The van der Waals surface area contributed by atoms with Crippen LogP contribution in [0.15, 0.2) is 36.7 Å². The number of benzene rings is 1. The minimum absolute atomic E-state index is 0.0372. The highest BCUT2D eigenvalue weighted by Crippen LogP contribution is 2.47. The predicted octanol–water partition coefficient (Wildman–Crippen LogP) is 2.74. The zero-order valence-electron chi connectivity index (χ0n) is 13.6. The van der Waals surface area contributed by atoms with Gasteiger partial charge in [-0.15, -0.1) is 0 Å². The zero-order chi connectivity index (χ0) is 18.0. The Morgan fingerprint density at radius 1 is 1.36 bits per heavy atom. The van der Waals surface area contributed by atoms with Gasteiger partial charge in [-0.1, -0.05) is 0 Å². The van der Waals surface area contributed by atoms with Gasteiger partial charge >= 0.3 is 6.18 Å². The van der Waals surface area contributed by atoms with Crippen molar-refractivity contribution in [2.45, 2.75) is 18.5 Å². The molecule has 1 heterocycles. The first-order chi connectivity index (χ1) is 11.8. The smallest absolute Gasteiger partial charge is 0.416 e. The Balaban J connectivity index is 1.38. The summed E-state index contributed by atoms with van der Waals surface area (Å²) in [4.78, 5) is 12.0. The first-order valence-corrected chi connectivity index (χ1v) is 7.91. The first-order valence-electron chi connectivity index (χ1n) is 7.91. The Morgan fingerprint density at radius 2 is 2.08 bits per heavy atom. The van der Waals surface area contributed by atoms with Crippen LogP contribution in [0.4, 0.5) is 13.2 Å². The SMILES string of the molecule is Cn1cc(C2CC2C(=O)NCCOc2ccc(C(F)(F)F)cc2)cn1. The predicted molar refractivity (Wildman–Crippen MR) is 84.0 cm³/mol. The van der Waals surface area contributed by atoms with Crippen molar-refractivity contribution in [1.29, 1.82) is 0 Å². The molecular formula is C17H18F3N3O2. The van der Waals surface area contributed by atoms with Crippen molar-refractivity contribution in [3.63, 3.8) is 0 Å². The van der Waals surface area contributed by atoms with Gasteiger partial charge in [0, 0.05) is 19.2 Å². The van der Waals surface area contributed by atoms with E-state index in [2.05, 4.69) is 10.4 Å². The third-order valence-corrected chi connectivity index (χ3v) is 4.13. The summed E-state index contributed by atoms with van der Waals surface area (Å²) in [6, 6.07) is 4.47. The van der Waals surface area contributed by atoms with Crippen molar-refractivity contribution in [1.82, 2.24) is 15.1 Å². The largest absolute Gasteiger partial charge is 0.492 e. The average molecular weight is 353 g/mol. The number of carbonyl (C=O) groups excluding carboxylic acids is 1. The minimum atomic E-state index is -4.36. The van der Waals surface area contributed by atoms with E-state index < -0.39 is 11.7 Å². The van der Waals surface area contributed by atoms with Crippen molar-refractivity contribution < 1.29 is 22.7 Å². The molecule has 2 aromatic rings. The molecule has 1 amide bonds. The number of ether oxygens (including phenoxy) is 1. The molecule has 134 valence electrons. The number of nitrogens with one attached hydrogen (secondary N) is 1. The zero-order valence-corrected chi connectivity index (χ0v) is 13.6. The van der Waals surface area contributed by atoms with Crippen molar-refractivity contribution >= 4 is 5.91 Å². The van der Waals surface area contributed by atoms with Gasteiger partial charge in [-0.05, 0) is 42.2 Å². The molecule has 0 spiro atoms. The van der Waals surface area contributed by atoms with Crippen LogP contribution in [0.1, 0.15) is 23.5 Å². The molecule has 3 rings (SSSR count). The van der Waals surface area contributed by atoms with E-state index in [-0.39, 0.29) is 24.3 Å². The highest BCUT2D eigenvalue weighted by Gasteiger charge is 2.44. The van der Waals surface area contributed by atoms with E-state index in [0.29, 0.717) is 12.3 Å². The molecule has 2 unspecified atom stereocenters. The van der Waals surface area contributed by atoms with E-state index in [4.69, 9.17) is 4.74 Å². The maximum atomic E-state index is 12.5. The number of hydrogen-bond donors (Lipinski definition) is 1. The Kier molecular flexibility index (Phi) is 4.69. The molecule has 1 fully saturated rings. The Labute approximate surface area is 142 Å². The van der Waals surface area contributed by atoms with E-state index in [1.807, 2.05) is 13.2 Å². The van der Waals surface area contributed by atoms with Crippen LogP contribution < -0.4 is 10.1 Å². The van der Waals surface area contributed by atoms with Gasteiger partial charge in [0.25, 0.3) is 0 Å². The van der Waals surface area contributed by atoms with Gasteiger partial charge in [-0.3, -0.25) is 9.48 Å². The van der Waals surface area contributed by atoms with Crippen LogP contribution in [0.2, 0.25) is 0 Å². The van der Waals surface area contributed by atoms with Gasteiger partial charge in [0.15, 0.2) is 0 Å². The van der Waals surface area contributed by atoms with Crippen LogP contribution in [0, 0.1) is 5.92 Å². The van der Waals surface area contributed by atoms with Gasteiger partial charge < -0.3 is 10.1 Å². The van der Waals surface area contributed by atoms with E-state index in [1.165, 1.54) is 12.1 Å². The van der Waals surface area contributed by atoms with Gasteiger partial charge in [-0.25, -0.2) is 0 Å². The lowest BCUT2D eigenvalue weighted by atomic mass is 10.2. The van der Waals surface area contributed by atoms with E-state index in [0.717, 1.165) is 24.1 Å². The Hall–Kier alpha value is -2.51. The Morgan fingerprint density at radius 3 is 2.68 bits per heavy atom. The van der Waals surface area contributed by atoms with Crippen LogP contribution in [-0.2, 0) is 18.0 Å². The second-order valence-corrected chi connectivity index (χ2v) is 6.06. The van der Waals surface area contributed by atoms with Crippen molar-refractivity contribution in [2.24, 2.45) is 13.0 Å². The average Bonchev–Trinajstić information content (AvgIpc) is 3.25. The molecule has 0 saturated heterocycles. The van der Waals surface area contributed by atoms with Crippen LogP contribution >= 0.6 is 0 Å². The number of carbonyl (C=O) groups is 1. The number of rotatable bonds is 6. The fourth-order valence-corrected chi connectivity index (χ4v) is 2.70. The molecule has 1 aromatic heterocycles. The van der Waals surface area contributed by atoms with Crippen LogP contribution in [-0.4, -0.2) is 28.8 Å². The van der Waals surface area contributed by atoms with Crippen molar-refractivity contribution in [2.75, 3.05) is 13.2 Å². The monoisotopic (exact) mass is 353 g/mol. The third kappa shape index (κ3) is 4.32. The highest BCUT2D eigenvalue weighted by atomic mass is 19.4. The van der Waals surface area contributed by atoms with Gasteiger partial charge in [-0.2, -0.15) is 18.3 Å². The molecule has 1 aliphatic rings. The lowest BCUT2D eigenvalue weighted by Crippen LogP contribution is -2.29. The fraction of sp³-hybridized carbons (Fsp3) is 0.412. The van der Waals surface area contributed by atoms with Gasteiger partial charge in [0.2, 0.25) is 5.91 Å². The van der Waals surface area contributed by atoms with Crippen molar-refractivity contribution in [3.05, 3.63) is 47.8 Å². The second-order valence-electron chi connectivity index (χ2n) is 6.06. The number of hydrogen-bond acceptors (Lipinski definition) is 3. The van der Waals surface area contributed by atoms with E-state index >= 15 is 0 Å². The molecular weight excluding hydrogens is 335 g/mol. The number of aryl methyl sites for hydroxylation is 1. The summed E-state index contributed by atoms with van der Waals surface area (Å²) in [6.45, 7) is 0.498. The van der Waals surface area contributed by atoms with Crippen LogP contribution in [0.5, 0.6) is 5.75 Å². The summed E-state index contributed by atoms with van der Waals surface area (Å²) >= 11 is 0. The maximum absolute atomic E-state index is 12.5. The summed E-state index contributed by atoms with van der Waals surface area (Å²) < 4.78 is 44.4. The second kappa shape index (κ2) is 6.78. The molecule has 25 heavy (non-hydrogen) atoms. The molecule has 0 radical (unpaired) electrons. The quantitative estimate of drug-likeness (QED) is 0.813. The number of aromatic nitrogens is 2. The number of nitrogens with zero attached hydrogens (tertiary/aromatic N) is 2. The minimum Gasteiger partial charge on any atom is -0.492 e. The summed E-state index contributed by atoms with van der Waals surface area (Å²) in [5.74, 6) is 0.464. The number of halogens is 3. The molecule has 2 atom stereocenters. The summed E-state index contributed by atoms with van der Waals surface area (Å²) in [7, 11) is 1.83. The molecule has 8 heteroatoms. The maximum Gasteiger partial charge on any atom is 0.416 e. The standard InChI is InChI=1S/C17H18F3N3O2/c1-23-10-11(9-22-23)14-8-15(14)16(24)21-6-7-25-13-4-2-12(3-5-13)17(18,19)20/h2-5,9-10,14-15H,6-8H2,1H3,(H,21,24). The fourth-order valence-electron chi connectivity index (χ4n) is 2.70. The molecule has 1 aliphatic carbocycles. The molecule has 1 aromatic carbocycles. The van der Waals surface area contributed by atoms with Crippen LogP contribution in [0.3, 0.4) is 0 Å². The van der Waals surface area contributed by atoms with Gasteiger partial charge in [0.1, 0.15) is 12.4 Å². The lowest BCUT2D eigenvalue weighted by Gasteiger charge is -2.10. The normalized spacial score (nSPS) is 19.5. The number of amides is 1. The van der Waals surface area contributed by atoms with E-state index in [1.54, 1.807) is 10.9 Å². The molecule has 5 nitrogen and oxygen atoms in total. The first kappa shape index (κ1) is 17.3. The lowest BCUT2D eigenvalue weighted by molar-refractivity contribution is -0.137. The third-order valence-electron chi connectivity index (χ3n) is 4.13. The van der Waals surface area contributed by atoms with Crippen LogP contribution in [0.25, 0.3) is 0 Å². The summed E-state index contributed by atoms with van der Waals surface area (Å²) in [5.41, 5.74) is 0.340. The van der Waals surface area contributed by atoms with E-state index in [9.17, 15) is 18.0 Å². The molecule has 0 aliphatic heterocycles. The molecule has 1 saturated carbocycles. The Bertz CT molecular complexity index is 740. The number of alkyl halides is 3. The summed E-state index contributed by atoms with van der Waals surface area (Å²) in [6.07, 6.45) is 0.121. The molecule has 1 N–H and O–H groups in total. The topological polar surface area (TPSA) is 56.2 Å². The highest BCUT2D eigenvalue weighted by molar-refractivity contribution is 5.82. The molecule has 0 bridgehead atoms. The summed E-state index contributed by atoms with van der Waals surface area (Å²) in [5, 5.41) is 6.88.